The third-order valence-electron chi connectivity index (χ3n) is 3.78. The predicted octanol–water partition coefficient (Wildman–Crippen LogP) is 2.93. The first-order valence-corrected chi connectivity index (χ1v) is 8.07. The normalized spacial score (nSPS) is 10.2. The molecule has 126 valence electrons. The van der Waals surface area contributed by atoms with Crippen LogP contribution in [0.1, 0.15) is 29.8 Å². The van der Waals surface area contributed by atoms with Gasteiger partial charge in [-0.1, -0.05) is 12.1 Å². The Morgan fingerprint density at radius 3 is 2.29 bits per heavy atom. The molecular weight excluding hydrogens is 302 g/mol. The van der Waals surface area contributed by atoms with E-state index in [9.17, 15) is 9.59 Å². The molecule has 24 heavy (non-hydrogen) atoms. The standard InChI is InChI=1S/C19H23N3O2/c1-3-22(4-2)19(24)15-8-10-17(11-9-15)21-18(23)13-14-6-5-7-16(20)12-14/h5-12H,3-4,13,20H2,1-2H3,(H,21,23). The van der Waals surface area contributed by atoms with Crippen LogP contribution >= 0.6 is 0 Å². The number of amides is 2. The summed E-state index contributed by atoms with van der Waals surface area (Å²) < 4.78 is 0. The lowest BCUT2D eigenvalue weighted by atomic mass is 10.1. The number of nitrogens with one attached hydrogen (secondary N) is 1. The van der Waals surface area contributed by atoms with E-state index >= 15 is 0 Å². The van der Waals surface area contributed by atoms with Crippen molar-refractivity contribution in [2.45, 2.75) is 20.3 Å². The van der Waals surface area contributed by atoms with Crippen LogP contribution < -0.4 is 11.1 Å². The van der Waals surface area contributed by atoms with Gasteiger partial charge in [-0.05, 0) is 55.8 Å². The van der Waals surface area contributed by atoms with Crippen molar-refractivity contribution in [2.75, 3.05) is 24.1 Å². The molecular formula is C19H23N3O2. The minimum atomic E-state index is -0.122. The maximum absolute atomic E-state index is 12.2. The van der Waals surface area contributed by atoms with Gasteiger partial charge in [-0.3, -0.25) is 9.59 Å². The molecule has 0 unspecified atom stereocenters. The van der Waals surface area contributed by atoms with Gasteiger partial charge in [0.1, 0.15) is 0 Å². The van der Waals surface area contributed by atoms with E-state index < -0.39 is 0 Å². The third kappa shape index (κ3) is 4.59. The lowest BCUT2D eigenvalue weighted by molar-refractivity contribution is -0.115. The average Bonchev–Trinajstić information content (AvgIpc) is 2.56. The number of nitrogen functional groups attached to an aromatic ring is 1. The molecule has 0 atom stereocenters. The van der Waals surface area contributed by atoms with Crippen LogP contribution in [0, 0.1) is 0 Å². The van der Waals surface area contributed by atoms with Gasteiger partial charge in [0.15, 0.2) is 0 Å². The zero-order chi connectivity index (χ0) is 17.5. The molecule has 2 amide bonds. The van der Waals surface area contributed by atoms with Crippen molar-refractivity contribution in [3.63, 3.8) is 0 Å². The van der Waals surface area contributed by atoms with Gasteiger partial charge in [0.2, 0.25) is 5.91 Å². The van der Waals surface area contributed by atoms with Crippen molar-refractivity contribution in [3.8, 4) is 0 Å². The third-order valence-corrected chi connectivity index (χ3v) is 3.78. The fourth-order valence-electron chi connectivity index (χ4n) is 2.48. The maximum Gasteiger partial charge on any atom is 0.253 e. The molecule has 0 bridgehead atoms. The molecule has 3 N–H and O–H groups in total. The molecule has 0 aliphatic heterocycles. The van der Waals surface area contributed by atoms with E-state index in [0.29, 0.717) is 30.0 Å². The maximum atomic E-state index is 12.2. The summed E-state index contributed by atoms with van der Waals surface area (Å²) in [4.78, 5) is 26.1. The molecule has 0 radical (unpaired) electrons. The summed E-state index contributed by atoms with van der Waals surface area (Å²) in [5.41, 5.74) is 8.50. The van der Waals surface area contributed by atoms with Crippen LogP contribution in [0.15, 0.2) is 48.5 Å². The number of carbonyl (C=O) groups excluding carboxylic acids is 2. The number of hydrogen-bond donors (Lipinski definition) is 2. The van der Waals surface area contributed by atoms with Crippen molar-refractivity contribution in [1.82, 2.24) is 4.90 Å². The molecule has 0 aromatic heterocycles. The summed E-state index contributed by atoms with van der Waals surface area (Å²) in [6.45, 7) is 5.25. The fraction of sp³-hybridized carbons (Fsp3) is 0.263. The summed E-state index contributed by atoms with van der Waals surface area (Å²) in [7, 11) is 0. The van der Waals surface area contributed by atoms with Gasteiger partial charge in [-0.15, -0.1) is 0 Å². The second kappa shape index (κ2) is 8.15. The first kappa shape index (κ1) is 17.5. The molecule has 0 saturated heterocycles. The lowest BCUT2D eigenvalue weighted by Crippen LogP contribution is -2.30. The SMILES string of the molecule is CCN(CC)C(=O)c1ccc(NC(=O)Cc2cccc(N)c2)cc1. The van der Waals surface area contributed by atoms with E-state index in [4.69, 9.17) is 5.73 Å². The zero-order valence-corrected chi connectivity index (χ0v) is 14.1. The molecule has 2 aromatic rings. The Morgan fingerprint density at radius 1 is 1.04 bits per heavy atom. The largest absolute Gasteiger partial charge is 0.399 e. The van der Waals surface area contributed by atoms with Crippen LogP contribution in [-0.2, 0) is 11.2 Å². The second-order valence-electron chi connectivity index (χ2n) is 5.52. The van der Waals surface area contributed by atoms with Gasteiger partial charge in [0.05, 0.1) is 6.42 Å². The number of benzene rings is 2. The number of hydrogen-bond acceptors (Lipinski definition) is 3. The smallest absolute Gasteiger partial charge is 0.253 e. The van der Waals surface area contributed by atoms with Crippen LogP contribution in [0.25, 0.3) is 0 Å². The highest BCUT2D eigenvalue weighted by Crippen LogP contribution is 2.13. The summed E-state index contributed by atoms with van der Waals surface area (Å²) in [6, 6.07) is 14.2. The minimum Gasteiger partial charge on any atom is -0.399 e. The van der Waals surface area contributed by atoms with Gasteiger partial charge in [-0.2, -0.15) is 0 Å². The Bertz CT molecular complexity index is 707. The summed E-state index contributed by atoms with van der Waals surface area (Å²) >= 11 is 0. The van der Waals surface area contributed by atoms with Crippen molar-refractivity contribution in [3.05, 3.63) is 59.7 Å². The minimum absolute atomic E-state index is 0.00219. The summed E-state index contributed by atoms with van der Waals surface area (Å²) in [6.07, 6.45) is 0.255. The topological polar surface area (TPSA) is 75.4 Å². The Balaban J connectivity index is 1.98. The second-order valence-corrected chi connectivity index (χ2v) is 5.52. The highest BCUT2D eigenvalue weighted by molar-refractivity contribution is 5.96. The molecule has 0 aliphatic rings. The number of nitrogens with two attached hydrogens (primary N) is 1. The molecule has 5 nitrogen and oxygen atoms in total. The first-order valence-electron chi connectivity index (χ1n) is 8.07. The van der Waals surface area contributed by atoms with Crippen LogP contribution in [0.4, 0.5) is 11.4 Å². The average molecular weight is 325 g/mol. The van der Waals surface area contributed by atoms with E-state index in [2.05, 4.69) is 5.32 Å². The number of rotatable bonds is 6. The van der Waals surface area contributed by atoms with E-state index in [1.807, 2.05) is 26.0 Å². The van der Waals surface area contributed by atoms with Crippen LogP contribution in [0.2, 0.25) is 0 Å². The van der Waals surface area contributed by atoms with E-state index in [-0.39, 0.29) is 18.2 Å². The Labute approximate surface area is 142 Å². The fourth-order valence-corrected chi connectivity index (χ4v) is 2.48. The number of nitrogens with zero attached hydrogens (tertiary/aromatic N) is 1. The van der Waals surface area contributed by atoms with Gasteiger partial charge in [0.25, 0.3) is 5.91 Å². The summed E-state index contributed by atoms with van der Waals surface area (Å²) in [5, 5.41) is 2.83. The van der Waals surface area contributed by atoms with Crippen molar-refractivity contribution < 1.29 is 9.59 Å². The van der Waals surface area contributed by atoms with Gasteiger partial charge < -0.3 is 16.0 Å². The van der Waals surface area contributed by atoms with E-state index in [0.717, 1.165) is 5.56 Å². The monoisotopic (exact) mass is 325 g/mol. The molecule has 0 heterocycles. The van der Waals surface area contributed by atoms with Crippen molar-refractivity contribution >= 4 is 23.2 Å². The molecule has 5 heteroatoms. The van der Waals surface area contributed by atoms with Gasteiger partial charge in [-0.25, -0.2) is 0 Å². The molecule has 2 aromatic carbocycles. The Kier molecular flexibility index (Phi) is 5.95. The first-order chi connectivity index (χ1) is 11.5. The predicted molar refractivity (Wildman–Crippen MR) is 96.9 cm³/mol. The molecule has 0 aliphatic carbocycles. The lowest BCUT2D eigenvalue weighted by Gasteiger charge is -2.18. The van der Waals surface area contributed by atoms with Gasteiger partial charge >= 0.3 is 0 Å². The molecule has 0 saturated carbocycles. The number of carbonyl (C=O) groups is 2. The van der Waals surface area contributed by atoms with E-state index in [1.165, 1.54) is 0 Å². The van der Waals surface area contributed by atoms with Crippen molar-refractivity contribution in [2.24, 2.45) is 0 Å². The van der Waals surface area contributed by atoms with Crippen molar-refractivity contribution in [1.29, 1.82) is 0 Å². The van der Waals surface area contributed by atoms with Crippen LogP contribution in [0.3, 0.4) is 0 Å². The summed E-state index contributed by atoms with van der Waals surface area (Å²) in [5.74, 6) is -0.124. The number of anilines is 2. The Hall–Kier alpha value is -2.82. The zero-order valence-electron chi connectivity index (χ0n) is 14.1. The van der Waals surface area contributed by atoms with E-state index in [1.54, 1.807) is 41.3 Å². The van der Waals surface area contributed by atoms with Gasteiger partial charge in [0, 0.05) is 30.0 Å². The highest BCUT2D eigenvalue weighted by Gasteiger charge is 2.12. The highest BCUT2D eigenvalue weighted by atomic mass is 16.2. The molecule has 0 fully saturated rings. The molecule has 2 rings (SSSR count). The quantitative estimate of drug-likeness (QED) is 0.802. The van der Waals surface area contributed by atoms with Crippen LogP contribution in [0.5, 0.6) is 0 Å². The Morgan fingerprint density at radius 2 is 1.71 bits per heavy atom. The molecule has 0 spiro atoms. The van der Waals surface area contributed by atoms with Crippen LogP contribution in [-0.4, -0.2) is 29.8 Å².